The quantitative estimate of drug-likeness (QED) is 0.769. The van der Waals surface area contributed by atoms with Crippen molar-refractivity contribution in [3.05, 3.63) is 0 Å². The second-order valence-electron chi connectivity index (χ2n) is 8.15. The lowest BCUT2D eigenvalue weighted by atomic mass is 9.49. The fourth-order valence-corrected chi connectivity index (χ4v) is 6.76. The average Bonchev–Trinajstić information content (AvgIpc) is 2.44. The van der Waals surface area contributed by atoms with Crippen molar-refractivity contribution in [3.8, 4) is 0 Å². The summed E-state index contributed by atoms with van der Waals surface area (Å²) in [5.74, 6) is 2.65. The van der Waals surface area contributed by atoms with Gasteiger partial charge in [0.15, 0.2) is 0 Å². The number of carbonyl (C=O) groups is 1. The minimum absolute atomic E-state index is 0.0952. The van der Waals surface area contributed by atoms with E-state index >= 15 is 0 Å². The summed E-state index contributed by atoms with van der Waals surface area (Å²) in [4.78, 5) is 15.1. The van der Waals surface area contributed by atoms with E-state index < -0.39 is 10.0 Å². The predicted molar refractivity (Wildman–Crippen MR) is 83.6 cm³/mol. The van der Waals surface area contributed by atoms with Crippen molar-refractivity contribution in [3.63, 3.8) is 0 Å². The number of carbonyl (C=O) groups excluding carboxylic acids is 1. The van der Waals surface area contributed by atoms with Crippen molar-refractivity contribution in [2.45, 2.75) is 38.5 Å². The molecule has 6 heteroatoms. The Morgan fingerprint density at radius 1 is 0.909 bits per heavy atom. The summed E-state index contributed by atoms with van der Waals surface area (Å²) in [5, 5.41) is 0. The third-order valence-electron chi connectivity index (χ3n) is 6.49. The molecule has 0 atom stereocenters. The smallest absolute Gasteiger partial charge is 0.228 e. The highest BCUT2D eigenvalue weighted by Crippen LogP contribution is 2.60. The van der Waals surface area contributed by atoms with Crippen molar-refractivity contribution in [2.24, 2.45) is 23.2 Å². The van der Waals surface area contributed by atoms with Gasteiger partial charge in [-0.25, -0.2) is 8.42 Å². The monoisotopic (exact) mass is 326 g/mol. The van der Waals surface area contributed by atoms with Crippen LogP contribution in [0.5, 0.6) is 0 Å². The van der Waals surface area contributed by atoms with Crippen LogP contribution >= 0.6 is 0 Å². The fraction of sp³-hybridized carbons (Fsp3) is 0.938. The van der Waals surface area contributed by atoms with Gasteiger partial charge in [0, 0.05) is 26.2 Å². The van der Waals surface area contributed by atoms with Crippen molar-refractivity contribution in [1.29, 1.82) is 0 Å². The normalized spacial score (nSPS) is 41.9. The van der Waals surface area contributed by atoms with Crippen molar-refractivity contribution >= 4 is 15.9 Å². The van der Waals surface area contributed by atoms with E-state index in [9.17, 15) is 13.2 Å². The van der Waals surface area contributed by atoms with Crippen LogP contribution in [0.1, 0.15) is 38.5 Å². The van der Waals surface area contributed by atoms with Crippen LogP contribution in [-0.4, -0.2) is 56.0 Å². The van der Waals surface area contributed by atoms with Crippen LogP contribution in [0.2, 0.25) is 0 Å². The molecule has 5 rings (SSSR count). The lowest BCUT2D eigenvalue weighted by Crippen LogP contribution is -2.58. The van der Waals surface area contributed by atoms with E-state index in [0.717, 1.165) is 37.0 Å². The van der Waals surface area contributed by atoms with Crippen LogP contribution in [0, 0.1) is 23.2 Å². The minimum atomic E-state index is -3.12. The van der Waals surface area contributed by atoms with Gasteiger partial charge in [0.25, 0.3) is 0 Å². The van der Waals surface area contributed by atoms with Gasteiger partial charge < -0.3 is 4.90 Å². The van der Waals surface area contributed by atoms with Gasteiger partial charge in [-0.2, -0.15) is 4.31 Å². The highest BCUT2D eigenvalue weighted by atomic mass is 32.2. The SMILES string of the molecule is CS(=O)(=O)N1CCN(C(=O)C23CC4CC(CC(C4)C2)C3)CC1. The molecule has 22 heavy (non-hydrogen) atoms. The average molecular weight is 326 g/mol. The first-order chi connectivity index (χ1) is 10.4. The summed E-state index contributed by atoms with van der Waals surface area (Å²) in [6.45, 7) is 2.04. The van der Waals surface area contributed by atoms with E-state index in [1.54, 1.807) is 0 Å². The van der Waals surface area contributed by atoms with Crippen LogP contribution in [0.4, 0.5) is 0 Å². The second-order valence-corrected chi connectivity index (χ2v) is 10.1. The van der Waals surface area contributed by atoms with Crippen molar-refractivity contribution in [2.75, 3.05) is 32.4 Å². The minimum Gasteiger partial charge on any atom is -0.340 e. The van der Waals surface area contributed by atoms with Gasteiger partial charge in [0.05, 0.1) is 11.7 Å². The number of nitrogens with zero attached hydrogens (tertiary/aromatic N) is 2. The molecule has 0 unspecified atom stereocenters. The molecule has 0 radical (unpaired) electrons. The molecule has 5 nitrogen and oxygen atoms in total. The number of sulfonamides is 1. The molecule has 5 fully saturated rings. The first-order valence-electron chi connectivity index (χ1n) is 8.60. The molecule has 0 aromatic carbocycles. The molecule has 4 aliphatic carbocycles. The van der Waals surface area contributed by atoms with Gasteiger partial charge in [-0.15, -0.1) is 0 Å². The Bertz CT molecular complexity index is 543. The highest BCUT2D eigenvalue weighted by molar-refractivity contribution is 7.88. The lowest BCUT2D eigenvalue weighted by molar-refractivity contribution is -0.158. The molecule has 1 amide bonds. The van der Waals surface area contributed by atoms with Crippen molar-refractivity contribution < 1.29 is 13.2 Å². The molecular formula is C16H26N2O3S. The third kappa shape index (κ3) is 2.39. The van der Waals surface area contributed by atoms with E-state index in [-0.39, 0.29) is 5.41 Å². The Balaban J connectivity index is 1.47. The maximum atomic E-state index is 13.2. The predicted octanol–water partition coefficient (Wildman–Crippen LogP) is 1.31. The van der Waals surface area contributed by atoms with E-state index in [4.69, 9.17) is 0 Å². The summed E-state index contributed by atoms with van der Waals surface area (Å²) in [7, 11) is -3.12. The Morgan fingerprint density at radius 3 is 1.77 bits per heavy atom. The number of hydrogen-bond acceptors (Lipinski definition) is 3. The zero-order valence-corrected chi connectivity index (χ0v) is 14.1. The maximum absolute atomic E-state index is 13.2. The molecule has 1 saturated heterocycles. The lowest BCUT2D eigenvalue weighted by Gasteiger charge is -2.57. The summed E-state index contributed by atoms with van der Waals surface area (Å²) < 4.78 is 24.7. The molecule has 1 heterocycles. The van der Waals surface area contributed by atoms with E-state index in [1.807, 2.05) is 4.90 Å². The third-order valence-corrected chi connectivity index (χ3v) is 7.79. The molecule has 4 saturated carbocycles. The van der Waals surface area contributed by atoms with Gasteiger partial charge in [0.1, 0.15) is 0 Å². The number of rotatable bonds is 2. The molecule has 124 valence electrons. The van der Waals surface area contributed by atoms with Gasteiger partial charge in [-0.05, 0) is 56.3 Å². The number of hydrogen-bond donors (Lipinski definition) is 0. The first-order valence-corrected chi connectivity index (χ1v) is 10.5. The van der Waals surface area contributed by atoms with E-state index in [2.05, 4.69) is 0 Å². The Labute approximate surface area is 133 Å². The van der Waals surface area contributed by atoms with Gasteiger partial charge in [0.2, 0.25) is 15.9 Å². The molecule has 0 spiro atoms. The Morgan fingerprint density at radius 2 is 1.36 bits per heavy atom. The molecule has 0 aromatic rings. The van der Waals surface area contributed by atoms with Crippen LogP contribution in [-0.2, 0) is 14.8 Å². The van der Waals surface area contributed by atoms with Crippen LogP contribution in [0.3, 0.4) is 0 Å². The number of amides is 1. The summed E-state index contributed by atoms with van der Waals surface area (Å²) in [5.41, 5.74) is -0.0952. The molecule has 0 aromatic heterocycles. The maximum Gasteiger partial charge on any atom is 0.228 e. The van der Waals surface area contributed by atoms with E-state index in [0.29, 0.717) is 32.1 Å². The zero-order chi connectivity index (χ0) is 15.5. The fourth-order valence-electron chi connectivity index (χ4n) is 5.93. The topological polar surface area (TPSA) is 57.7 Å². The van der Waals surface area contributed by atoms with E-state index in [1.165, 1.54) is 29.8 Å². The molecule has 1 aliphatic heterocycles. The summed E-state index contributed by atoms with van der Waals surface area (Å²) >= 11 is 0. The largest absolute Gasteiger partial charge is 0.340 e. The first kappa shape index (κ1) is 14.9. The summed E-state index contributed by atoms with van der Waals surface area (Å²) in [6.07, 6.45) is 8.54. The summed E-state index contributed by atoms with van der Waals surface area (Å²) in [6, 6.07) is 0. The molecule has 0 N–H and O–H groups in total. The van der Waals surface area contributed by atoms with Gasteiger partial charge in [-0.3, -0.25) is 4.79 Å². The Hall–Kier alpha value is -0.620. The number of piperazine rings is 1. The van der Waals surface area contributed by atoms with Crippen LogP contribution in [0.15, 0.2) is 0 Å². The zero-order valence-electron chi connectivity index (χ0n) is 13.3. The van der Waals surface area contributed by atoms with Crippen molar-refractivity contribution in [1.82, 2.24) is 9.21 Å². The van der Waals surface area contributed by atoms with Crippen LogP contribution in [0.25, 0.3) is 0 Å². The standard InChI is InChI=1S/C16H26N2O3S/c1-22(20,21)18-4-2-17(3-5-18)15(19)16-9-12-6-13(10-16)8-14(7-12)11-16/h12-14H,2-11H2,1H3. The van der Waals surface area contributed by atoms with Crippen LogP contribution < -0.4 is 0 Å². The molecule has 5 aliphatic rings. The highest BCUT2D eigenvalue weighted by Gasteiger charge is 2.55. The van der Waals surface area contributed by atoms with Gasteiger partial charge in [-0.1, -0.05) is 0 Å². The Kier molecular flexibility index (Phi) is 3.35. The van der Waals surface area contributed by atoms with Gasteiger partial charge >= 0.3 is 0 Å². The molecular weight excluding hydrogens is 300 g/mol. The molecule has 4 bridgehead atoms. The second kappa shape index (κ2) is 4.94.